The van der Waals surface area contributed by atoms with Crippen molar-refractivity contribution in [1.29, 1.82) is 0 Å². The first-order chi connectivity index (χ1) is 7.66. The van der Waals surface area contributed by atoms with Crippen LogP contribution in [-0.2, 0) is 14.3 Å². The number of carboxylic acids is 1. The van der Waals surface area contributed by atoms with Crippen LogP contribution < -0.4 is 5.32 Å². The van der Waals surface area contributed by atoms with Crippen molar-refractivity contribution in [1.82, 2.24) is 5.32 Å². The molecular formula is C11H19NO4. The van der Waals surface area contributed by atoms with Crippen LogP contribution in [-0.4, -0.2) is 36.7 Å². The van der Waals surface area contributed by atoms with Crippen molar-refractivity contribution in [2.45, 2.75) is 25.7 Å². The number of carboxylic acid groups (broad SMARTS) is 1. The lowest BCUT2D eigenvalue weighted by Crippen LogP contribution is -2.24. The van der Waals surface area contributed by atoms with E-state index in [-0.39, 0.29) is 12.3 Å². The molecule has 0 aromatic heterocycles. The Kier molecular flexibility index (Phi) is 9.30. The lowest BCUT2D eigenvalue weighted by Gasteiger charge is -2.04. The van der Waals surface area contributed by atoms with E-state index < -0.39 is 5.97 Å². The first-order valence-electron chi connectivity index (χ1n) is 5.34. The SMILES string of the molecule is C=CCOCCCC(=O)NCCCC(=O)O. The second-order valence-corrected chi connectivity index (χ2v) is 3.31. The molecule has 0 saturated carbocycles. The van der Waals surface area contributed by atoms with Gasteiger partial charge in [-0.1, -0.05) is 6.08 Å². The summed E-state index contributed by atoms with van der Waals surface area (Å²) in [5.41, 5.74) is 0. The number of amides is 1. The molecular weight excluding hydrogens is 210 g/mol. The van der Waals surface area contributed by atoms with Crippen molar-refractivity contribution in [2.24, 2.45) is 0 Å². The molecule has 5 nitrogen and oxygen atoms in total. The molecule has 0 saturated heterocycles. The van der Waals surface area contributed by atoms with Gasteiger partial charge in [0.25, 0.3) is 0 Å². The third kappa shape index (κ3) is 10.7. The van der Waals surface area contributed by atoms with Crippen LogP contribution in [0.2, 0.25) is 0 Å². The van der Waals surface area contributed by atoms with Crippen molar-refractivity contribution in [3.8, 4) is 0 Å². The largest absolute Gasteiger partial charge is 0.481 e. The predicted molar refractivity (Wildman–Crippen MR) is 60.1 cm³/mol. The van der Waals surface area contributed by atoms with E-state index in [4.69, 9.17) is 9.84 Å². The van der Waals surface area contributed by atoms with Gasteiger partial charge < -0.3 is 15.2 Å². The third-order valence-corrected chi connectivity index (χ3v) is 1.82. The van der Waals surface area contributed by atoms with Crippen molar-refractivity contribution in [3.05, 3.63) is 12.7 Å². The summed E-state index contributed by atoms with van der Waals surface area (Å²) in [6.45, 7) is 4.96. The second-order valence-electron chi connectivity index (χ2n) is 3.31. The lowest BCUT2D eigenvalue weighted by atomic mass is 10.3. The van der Waals surface area contributed by atoms with Crippen molar-refractivity contribution >= 4 is 11.9 Å². The van der Waals surface area contributed by atoms with E-state index in [0.29, 0.717) is 39.0 Å². The average molecular weight is 229 g/mol. The topological polar surface area (TPSA) is 75.6 Å². The number of carbonyl (C=O) groups excluding carboxylic acids is 1. The standard InChI is InChI=1S/C11H19NO4/c1-2-8-16-9-4-5-10(13)12-7-3-6-11(14)15/h2H,1,3-9H2,(H,12,13)(H,14,15). The summed E-state index contributed by atoms with van der Waals surface area (Å²) in [6, 6.07) is 0. The lowest BCUT2D eigenvalue weighted by molar-refractivity contribution is -0.137. The average Bonchev–Trinajstić information content (AvgIpc) is 2.24. The van der Waals surface area contributed by atoms with Crippen LogP contribution in [0.5, 0.6) is 0 Å². The van der Waals surface area contributed by atoms with Gasteiger partial charge in [-0.25, -0.2) is 0 Å². The molecule has 0 heterocycles. The van der Waals surface area contributed by atoms with Gasteiger partial charge in [0.05, 0.1) is 6.61 Å². The van der Waals surface area contributed by atoms with Gasteiger partial charge in [-0.15, -0.1) is 6.58 Å². The van der Waals surface area contributed by atoms with Gasteiger partial charge in [0.2, 0.25) is 5.91 Å². The van der Waals surface area contributed by atoms with Crippen LogP contribution in [0.25, 0.3) is 0 Å². The first kappa shape index (κ1) is 14.6. The Labute approximate surface area is 95.5 Å². The molecule has 0 rings (SSSR count). The molecule has 1 amide bonds. The molecule has 2 N–H and O–H groups in total. The third-order valence-electron chi connectivity index (χ3n) is 1.82. The van der Waals surface area contributed by atoms with Gasteiger partial charge in [-0.05, 0) is 12.8 Å². The molecule has 0 spiro atoms. The summed E-state index contributed by atoms with van der Waals surface area (Å²) in [4.78, 5) is 21.4. The minimum Gasteiger partial charge on any atom is -0.481 e. The molecule has 0 aliphatic carbocycles. The van der Waals surface area contributed by atoms with Gasteiger partial charge >= 0.3 is 5.97 Å². The summed E-state index contributed by atoms with van der Waals surface area (Å²) in [7, 11) is 0. The molecule has 0 aromatic rings. The molecule has 0 aliphatic rings. The molecule has 0 aromatic carbocycles. The summed E-state index contributed by atoms with van der Waals surface area (Å²) in [6.07, 6.45) is 3.28. The quantitative estimate of drug-likeness (QED) is 0.432. The van der Waals surface area contributed by atoms with Gasteiger partial charge in [0.15, 0.2) is 0 Å². The number of ether oxygens (including phenoxy) is 1. The van der Waals surface area contributed by atoms with Crippen LogP contribution in [0.15, 0.2) is 12.7 Å². The Hall–Kier alpha value is -1.36. The maximum absolute atomic E-state index is 11.2. The smallest absolute Gasteiger partial charge is 0.303 e. The van der Waals surface area contributed by atoms with Gasteiger partial charge in [0, 0.05) is 26.0 Å². The summed E-state index contributed by atoms with van der Waals surface area (Å²) >= 11 is 0. The van der Waals surface area contributed by atoms with E-state index in [2.05, 4.69) is 11.9 Å². The fourth-order valence-electron chi connectivity index (χ4n) is 1.06. The molecule has 5 heteroatoms. The molecule has 0 fully saturated rings. The second kappa shape index (κ2) is 10.2. The Balaban J connectivity index is 3.24. The number of hydrogen-bond acceptors (Lipinski definition) is 3. The Bertz CT molecular complexity index is 228. The molecule has 0 bridgehead atoms. The van der Waals surface area contributed by atoms with Crippen molar-refractivity contribution in [3.63, 3.8) is 0 Å². The summed E-state index contributed by atoms with van der Waals surface area (Å²) < 4.78 is 5.11. The van der Waals surface area contributed by atoms with E-state index in [1.165, 1.54) is 0 Å². The predicted octanol–water partition coefficient (Wildman–Crippen LogP) is 0.950. The minimum absolute atomic E-state index is 0.0624. The van der Waals surface area contributed by atoms with Crippen LogP contribution in [0, 0.1) is 0 Å². The van der Waals surface area contributed by atoms with Gasteiger partial charge in [-0.2, -0.15) is 0 Å². The van der Waals surface area contributed by atoms with Crippen LogP contribution >= 0.6 is 0 Å². The highest BCUT2D eigenvalue weighted by molar-refractivity contribution is 5.75. The van der Waals surface area contributed by atoms with E-state index in [1.54, 1.807) is 6.08 Å². The fraction of sp³-hybridized carbons (Fsp3) is 0.636. The van der Waals surface area contributed by atoms with Gasteiger partial charge in [0.1, 0.15) is 0 Å². The maximum Gasteiger partial charge on any atom is 0.303 e. The Morgan fingerprint density at radius 2 is 2.06 bits per heavy atom. The number of nitrogens with one attached hydrogen (secondary N) is 1. The number of rotatable bonds is 10. The van der Waals surface area contributed by atoms with Gasteiger partial charge in [-0.3, -0.25) is 9.59 Å². The van der Waals surface area contributed by atoms with Crippen LogP contribution in [0.3, 0.4) is 0 Å². The highest BCUT2D eigenvalue weighted by Crippen LogP contribution is 1.92. The zero-order chi connectivity index (χ0) is 12.2. The normalized spacial score (nSPS) is 9.75. The summed E-state index contributed by atoms with van der Waals surface area (Å²) in [5, 5.41) is 11.0. The fourth-order valence-corrected chi connectivity index (χ4v) is 1.06. The monoisotopic (exact) mass is 229 g/mol. The van der Waals surface area contributed by atoms with E-state index in [0.717, 1.165) is 0 Å². The van der Waals surface area contributed by atoms with Crippen molar-refractivity contribution < 1.29 is 19.4 Å². The molecule has 0 atom stereocenters. The maximum atomic E-state index is 11.2. The van der Waals surface area contributed by atoms with Crippen molar-refractivity contribution in [2.75, 3.05) is 19.8 Å². The van der Waals surface area contributed by atoms with Crippen LogP contribution in [0.4, 0.5) is 0 Å². The molecule has 92 valence electrons. The zero-order valence-corrected chi connectivity index (χ0v) is 9.41. The molecule has 0 aliphatic heterocycles. The molecule has 0 radical (unpaired) electrons. The van der Waals surface area contributed by atoms with Crippen LogP contribution in [0.1, 0.15) is 25.7 Å². The van der Waals surface area contributed by atoms with E-state index >= 15 is 0 Å². The first-order valence-corrected chi connectivity index (χ1v) is 5.34. The summed E-state index contributed by atoms with van der Waals surface area (Å²) in [5.74, 6) is -0.903. The molecule has 0 unspecified atom stereocenters. The highest BCUT2D eigenvalue weighted by atomic mass is 16.5. The zero-order valence-electron chi connectivity index (χ0n) is 9.41. The van der Waals surface area contributed by atoms with E-state index in [9.17, 15) is 9.59 Å². The highest BCUT2D eigenvalue weighted by Gasteiger charge is 2.01. The minimum atomic E-state index is -0.841. The number of aliphatic carboxylic acids is 1. The number of hydrogen-bond donors (Lipinski definition) is 2. The Morgan fingerprint density at radius 3 is 2.69 bits per heavy atom. The number of carbonyl (C=O) groups is 2. The van der Waals surface area contributed by atoms with E-state index in [1.807, 2.05) is 0 Å². The Morgan fingerprint density at radius 1 is 1.31 bits per heavy atom. The molecule has 16 heavy (non-hydrogen) atoms.